The van der Waals surface area contributed by atoms with Gasteiger partial charge in [-0.3, -0.25) is 9.59 Å². The number of hydrogen-bond donors (Lipinski definition) is 1. The van der Waals surface area contributed by atoms with E-state index in [1.54, 1.807) is 6.92 Å². The minimum Gasteiger partial charge on any atom is -0.479 e. The van der Waals surface area contributed by atoms with Crippen molar-refractivity contribution >= 4 is 17.7 Å². The van der Waals surface area contributed by atoms with Crippen molar-refractivity contribution in [1.29, 1.82) is 0 Å². The second-order valence-electron chi connectivity index (χ2n) is 5.85. The van der Waals surface area contributed by atoms with Crippen LogP contribution in [-0.4, -0.2) is 34.2 Å². The lowest BCUT2D eigenvalue weighted by atomic mass is 9.87. The van der Waals surface area contributed by atoms with Gasteiger partial charge < -0.3 is 10.0 Å². The van der Waals surface area contributed by atoms with E-state index in [9.17, 15) is 28.3 Å². The Hall–Kier alpha value is -2.31. The molecule has 0 aliphatic heterocycles. The minimum atomic E-state index is -1.39. The first-order valence-electron chi connectivity index (χ1n) is 7.85. The zero-order valence-corrected chi connectivity index (χ0v) is 13.3. The third-order valence-electron chi connectivity index (χ3n) is 4.32. The highest BCUT2D eigenvalue weighted by atomic mass is 19.2. The number of Topliss-reactive ketones (excluding diaryl/α,β-unsaturated/α-hetero) is 1. The van der Waals surface area contributed by atoms with Crippen LogP contribution in [0.1, 0.15) is 44.2 Å². The van der Waals surface area contributed by atoms with E-state index in [0.29, 0.717) is 25.7 Å². The number of benzene rings is 1. The van der Waals surface area contributed by atoms with E-state index < -0.39 is 29.6 Å². The zero-order valence-electron chi connectivity index (χ0n) is 13.3. The molecule has 0 radical (unpaired) electrons. The molecule has 1 N–H and O–H groups in total. The Kier molecular flexibility index (Phi) is 5.64. The van der Waals surface area contributed by atoms with Crippen molar-refractivity contribution in [3.63, 3.8) is 0 Å². The first kappa shape index (κ1) is 18.0. The third kappa shape index (κ3) is 3.77. The summed E-state index contributed by atoms with van der Waals surface area (Å²) in [5.74, 6) is -4.26. The van der Waals surface area contributed by atoms with Crippen LogP contribution in [0.25, 0.3) is 0 Å². The number of halogens is 2. The maximum absolute atomic E-state index is 13.5. The van der Waals surface area contributed by atoms with Crippen LogP contribution in [-0.2, 0) is 14.4 Å². The molecule has 24 heavy (non-hydrogen) atoms. The van der Waals surface area contributed by atoms with Crippen molar-refractivity contribution in [2.45, 2.75) is 38.6 Å². The Morgan fingerprint density at radius 1 is 1.25 bits per heavy atom. The number of carboxylic acid groups (broad SMARTS) is 1. The molecule has 1 saturated carbocycles. The summed E-state index contributed by atoms with van der Waals surface area (Å²) >= 11 is 0. The molecular formula is C17H19F2NO4. The van der Waals surface area contributed by atoms with Gasteiger partial charge in [0.2, 0.25) is 5.91 Å². The van der Waals surface area contributed by atoms with E-state index in [-0.39, 0.29) is 23.8 Å². The van der Waals surface area contributed by atoms with Crippen molar-refractivity contribution in [2.75, 3.05) is 6.54 Å². The Bertz CT molecular complexity index is 652. The van der Waals surface area contributed by atoms with Crippen LogP contribution in [0.5, 0.6) is 0 Å². The molecule has 1 unspecified atom stereocenters. The number of carbonyl (C=O) groups is 3. The minimum absolute atomic E-state index is 0.00323. The smallest absolute Gasteiger partial charge is 0.331 e. The SMILES string of the molecule is CCN(C(=O)C1CCC(=O)CC1)C(C(=O)O)c1ccc(F)c(F)c1. The predicted octanol–water partition coefficient (Wildman–Crippen LogP) is 2.70. The highest BCUT2D eigenvalue weighted by molar-refractivity contribution is 5.88. The van der Waals surface area contributed by atoms with Crippen molar-refractivity contribution in [1.82, 2.24) is 4.90 Å². The van der Waals surface area contributed by atoms with Crippen molar-refractivity contribution < 1.29 is 28.3 Å². The molecule has 2 rings (SSSR count). The fourth-order valence-electron chi connectivity index (χ4n) is 3.03. The molecule has 1 amide bonds. The summed E-state index contributed by atoms with van der Waals surface area (Å²) in [6.45, 7) is 1.74. The predicted molar refractivity (Wildman–Crippen MR) is 81.1 cm³/mol. The fraction of sp³-hybridized carbons (Fsp3) is 0.471. The molecule has 130 valence electrons. The summed E-state index contributed by atoms with van der Waals surface area (Å²) in [4.78, 5) is 36.8. The number of carboxylic acids is 1. The van der Waals surface area contributed by atoms with Gasteiger partial charge >= 0.3 is 5.97 Å². The van der Waals surface area contributed by atoms with Gasteiger partial charge in [-0.1, -0.05) is 6.07 Å². The molecule has 0 saturated heterocycles. The average molecular weight is 339 g/mol. The van der Waals surface area contributed by atoms with E-state index in [1.165, 1.54) is 0 Å². The fourth-order valence-corrected chi connectivity index (χ4v) is 3.03. The Labute approximate surface area is 138 Å². The number of aliphatic carboxylic acids is 1. The van der Waals surface area contributed by atoms with Crippen LogP contribution in [0, 0.1) is 17.6 Å². The van der Waals surface area contributed by atoms with Gasteiger partial charge in [-0.25, -0.2) is 13.6 Å². The standard InChI is InChI=1S/C17H19F2NO4/c1-2-20(16(22)10-3-6-12(21)7-4-10)15(17(23)24)11-5-8-13(18)14(19)9-11/h5,8-10,15H,2-4,6-7H2,1H3,(H,23,24). The summed E-state index contributed by atoms with van der Waals surface area (Å²) in [6, 6.07) is 1.42. The van der Waals surface area contributed by atoms with Crippen LogP contribution in [0.4, 0.5) is 8.78 Å². The van der Waals surface area contributed by atoms with Gasteiger partial charge in [-0.15, -0.1) is 0 Å². The molecular weight excluding hydrogens is 320 g/mol. The highest BCUT2D eigenvalue weighted by Gasteiger charge is 2.35. The maximum Gasteiger partial charge on any atom is 0.331 e. The first-order chi connectivity index (χ1) is 11.3. The summed E-state index contributed by atoms with van der Waals surface area (Å²) < 4.78 is 26.6. The molecule has 0 heterocycles. The van der Waals surface area contributed by atoms with Gasteiger partial charge in [0.15, 0.2) is 17.7 Å². The Balaban J connectivity index is 2.29. The summed E-state index contributed by atoms with van der Waals surface area (Å²) in [5.41, 5.74) is 0.00323. The monoisotopic (exact) mass is 339 g/mol. The Morgan fingerprint density at radius 2 is 1.88 bits per heavy atom. The first-order valence-corrected chi connectivity index (χ1v) is 7.85. The van der Waals surface area contributed by atoms with Crippen LogP contribution in [0.2, 0.25) is 0 Å². The molecule has 0 aromatic heterocycles. The lowest BCUT2D eigenvalue weighted by molar-refractivity contribution is -0.153. The average Bonchev–Trinajstić information content (AvgIpc) is 2.55. The maximum atomic E-state index is 13.5. The lowest BCUT2D eigenvalue weighted by Crippen LogP contribution is -2.43. The van der Waals surface area contributed by atoms with E-state index in [0.717, 1.165) is 23.1 Å². The van der Waals surface area contributed by atoms with Crippen molar-refractivity contribution in [3.05, 3.63) is 35.4 Å². The Morgan fingerprint density at radius 3 is 2.38 bits per heavy atom. The normalized spacial score (nSPS) is 16.7. The largest absolute Gasteiger partial charge is 0.479 e. The van der Waals surface area contributed by atoms with E-state index in [1.807, 2.05) is 0 Å². The van der Waals surface area contributed by atoms with Gasteiger partial charge in [0.25, 0.3) is 0 Å². The van der Waals surface area contributed by atoms with Crippen LogP contribution in [0.3, 0.4) is 0 Å². The molecule has 1 aliphatic rings. The molecule has 7 heteroatoms. The molecule has 0 spiro atoms. The molecule has 0 bridgehead atoms. The third-order valence-corrected chi connectivity index (χ3v) is 4.32. The van der Waals surface area contributed by atoms with Crippen LogP contribution < -0.4 is 0 Å². The molecule has 1 atom stereocenters. The van der Waals surface area contributed by atoms with Gasteiger partial charge in [0.1, 0.15) is 5.78 Å². The zero-order chi connectivity index (χ0) is 17.9. The molecule has 5 nitrogen and oxygen atoms in total. The number of carbonyl (C=O) groups excluding carboxylic acids is 2. The number of hydrogen-bond acceptors (Lipinski definition) is 3. The second kappa shape index (κ2) is 7.51. The lowest BCUT2D eigenvalue weighted by Gasteiger charge is -2.32. The van der Waals surface area contributed by atoms with E-state index in [2.05, 4.69) is 0 Å². The van der Waals surface area contributed by atoms with E-state index >= 15 is 0 Å². The number of amides is 1. The van der Waals surface area contributed by atoms with Gasteiger partial charge in [-0.2, -0.15) is 0 Å². The summed E-state index contributed by atoms with van der Waals surface area (Å²) in [7, 11) is 0. The van der Waals surface area contributed by atoms with Crippen molar-refractivity contribution in [3.8, 4) is 0 Å². The molecule has 1 aromatic rings. The topological polar surface area (TPSA) is 74.7 Å². The second-order valence-corrected chi connectivity index (χ2v) is 5.85. The number of ketones is 1. The highest BCUT2D eigenvalue weighted by Crippen LogP contribution is 2.29. The number of nitrogens with zero attached hydrogens (tertiary/aromatic N) is 1. The van der Waals surface area contributed by atoms with Gasteiger partial charge in [0.05, 0.1) is 0 Å². The van der Waals surface area contributed by atoms with Crippen LogP contribution >= 0.6 is 0 Å². The molecule has 1 aliphatic carbocycles. The van der Waals surface area contributed by atoms with Gasteiger partial charge in [-0.05, 0) is 37.5 Å². The van der Waals surface area contributed by atoms with Gasteiger partial charge in [0, 0.05) is 25.3 Å². The van der Waals surface area contributed by atoms with Crippen molar-refractivity contribution in [2.24, 2.45) is 5.92 Å². The quantitative estimate of drug-likeness (QED) is 0.895. The summed E-state index contributed by atoms with van der Waals surface area (Å²) in [5, 5.41) is 9.51. The van der Waals surface area contributed by atoms with E-state index in [4.69, 9.17) is 0 Å². The number of likely N-dealkylation sites (N-methyl/N-ethyl adjacent to an activating group) is 1. The molecule has 1 aromatic carbocycles. The number of rotatable bonds is 5. The van der Waals surface area contributed by atoms with Crippen LogP contribution in [0.15, 0.2) is 18.2 Å². The molecule has 1 fully saturated rings. The summed E-state index contributed by atoms with van der Waals surface area (Å²) in [6.07, 6.45) is 1.38.